The molecule has 1 N–H and O–H groups in total. The molecule has 3 aromatic heterocycles. The number of thioether (sulfide) groups is 1. The molecule has 0 fully saturated rings. The minimum absolute atomic E-state index is 0.125. The fourth-order valence-electron chi connectivity index (χ4n) is 4.46. The van der Waals surface area contributed by atoms with Crippen molar-refractivity contribution in [2.24, 2.45) is 5.92 Å². The van der Waals surface area contributed by atoms with E-state index in [9.17, 15) is 9.59 Å². The van der Waals surface area contributed by atoms with Crippen LogP contribution in [0.2, 0.25) is 0 Å². The van der Waals surface area contributed by atoms with Gasteiger partial charge in [0.2, 0.25) is 5.91 Å². The smallest absolute Gasteiger partial charge is 0.341 e. The molecule has 0 bridgehead atoms. The topological polar surface area (TPSA) is 99.0 Å². The largest absolute Gasteiger partial charge is 0.465 e. The van der Waals surface area contributed by atoms with Crippen molar-refractivity contribution < 1.29 is 14.3 Å². The lowest BCUT2D eigenvalue weighted by atomic mass is 9.88. The Balaban J connectivity index is 1.36. The van der Waals surface area contributed by atoms with Gasteiger partial charge in [-0.25, -0.2) is 4.79 Å². The lowest BCUT2D eigenvalue weighted by molar-refractivity contribution is -0.113. The first kappa shape index (κ1) is 25.2. The van der Waals surface area contributed by atoms with E-state index in [2.05, 4.69) is 27.4 Å². The van der Waals surface area contributed by atoms with Crippen LogP contribution in [0.1, 0.15) is 39.7 Å². The summed E-state index contributed by atoms with van der Waals surface area (Å²) in [6.07, 6.45) is 6.22. The number of anilines is 1. The fourth-order valence-corrected chi connectivity index (χ4v) is 6.62. The predicted molar refractivity (Wildman–Crippen MR) is 145 cm³/mol. The molecule has 0 spiro atoms. The monoisotopic (exact) mass is 533 g/mol. The van der Waals surface area contributed by atoms with Crippen molar-refractivity contribution >= 4 is 40.0 Å². The van der Waals surface area contributed by atoms with Gasteiger partial charge in [0.05, 0.1) is 25.0 Å². The number of ether oxygens (including phenoxy) is 1. The summed E-state index contributed by atoms with van der Waals surface area (Å²) >= 11 is 2.79. The zero-order valence-electron chi connectivity index (χ0n) is 20.6. The first-order valence-corrected chi connectivity index (χ1v) is 13.9. The van der Waals surface area contributed by atoms with E-state index in [-0.39, 0.29) is 11.7 Å². The van der Waals surface area contributed by atoms with E-state index in [1.54, 1.807) is 12.4 Å². The average molecular weight is 534 g/mol. The van der Waals surface area contributed by atoms with Crippen molar-refractivity contribution in [2.75, 3.05) is 18.2 Å². The van der Waals surface area contributed by atoms with Crippen LogP contribution in [-0.4, -0.2) is 44.5 Å². The van der Waals surface area contributed by atoms with Gasteiger partial charge >= 0.3 is 5.97 Å². The fraction of sp³-hybridized carbons (Fsp3) is 0.296. The number of rotatable bonds is 8. The minimum Gasteiger partial charge on any atom is -0.465 e. The number of carbonyl (C=O) groups excluding carboxylic acids is 2. The number of aromatic nitrogens is 4. The molecule has 37 heavy (non-hydrogen) atoms. The summed E-state index contributed by atoms with van der Waals surface area (Å²) < 4.78 is 7.04. The number of nitrogens with zero attached hydrogens (tertiary/aromatic N) is 4. The molecular formula is C27H27N5O3S2. The Bertz CT molecular complexity index is 1400. The number of pyridine rings is 1. The van der Waals surface area contributed by atoms with Crippen LogP contribution in [0, 0.1) is 5.92 Å². The number of esters is 1. The van der Waals surface area contributed by atoms with Crippen LogP contribution in [0.5, 0.6) is 0 Å². The van der Waals surface area contributed by atoms with Crippen molar-refractivity contribution in [1.29, 1.82) is 0 Å². The molecule has 1 aromatic carbocycles. The van der Waals surface area contributed by atoms with E-state index in [0.29, 0.717) is 34.0 Å². The summed E-state index contributed by atoms with van der Waals surface area (Å²) in [7, 11) is 1.37. The summed E-state index contributed by atoms with van der Waals surface area (Å²) in [6.45, 7) is 2.77. The highest BCUT2D eigenvalue weighted by atomic mass is 32.2. The van der Waals surface area contributed by atoms with Gasteiger partial charge in [0, 0.05) is 22.8 Å². The lowest BCUT2D eigenvalue weighted by Crippen LogP contribution is -2.17. The average Bonchev–Trinajstić information content (AvgIpc) is 3.48. The second kappa shape index (κ2) is 11.3. The summed E-state index contributed by atoms with van der Waals surface area (Å²) in [5.41, 5.74) is 3.46. The molecule has 10 heteroatoms. The molecule has 5 rings (SSSR count). The number of fused-ring (bicyclic) bond motifs is 1. The maximum atomic E-state index is 13.0. The Morgan fingerprint density at radius 2 is 2.03 bits per heavy atom. The van der Waals surface area contributed by atoms with Gasteiger partial charge in [-0.3, -0.25) is 14.3 Å². The molecular weight excluding hydrogens is 506 g/mol. The highest BCUT2D eigenvalue weighted by Crippen LogP contribution is 2.40. The van der Waals surface area contributed by atoms with E-state index in [1.165, 1.54) is 30.2 Å². The molecule has 0 radical (unpaired) electrons. The number of amides is 1. The van der Waals surface area contributed by atoms with Gasteiger partial charge in [-0.2, -0.15) is 0 Å². The third kappa shape index (κ3) is 5.60. The van der Waals surface area contributed by atoms with Crippen LogP contribution in [0.3, 0.4) is 0 Å². The Morgan fingerprint density at radius 3 is 2.78 bits per heavy atom. The number of carbonyl (C=O) groups is 2. The molecule has 1 unspecified atom stereocenters. The van der Waals surface area contributed by atoms with Crippen LogP contribution in [0.15, 0.2) is 60.0 Å². The number of methoxy groups -OCH3 is 1. The molecule has 1 aliphatic rings. The van der Waals surface area contributed by atoms with Gasteiger partial charge in [-0.15, -0.1) is 21.5 Å². The van der Waals surface area contributed by atoms with Crippen LogP contribution in [0.25, 0.3) is 11.4 Å². The first-order valence-electron chi connectivity index (χ1n) is 12.1. The summed E-state index contributed by atoms with van der Waals surface area (Å²) in [5.74, 6) is 0.755. The highest BCUT2D eigenvalue weighted by molar-refractivity contribution is 7.99. The van der Waals surface area contributed by atoms with E-state index < -0.39 is 5.97 Å². The third-order valence-electron chi connectivity index (χ3n) is 6.31. The van der Waals surface area contributed by atoms with Crippen molar-refractivity contribution in [2.45, 2.75) is 37.9 Å². The van der Waals surface area contributed by atoms with Crippen molar-refractivity contribution in [3.8, 4) is 11.4 Å². The Kier molecular flexibility index (Phi) is 7.66. The summed E-state index contributed by atoms with van der Waals surface area (Å²) in [6, 6.07) is 13.8. The minimum atomic E-state index is -0.404. The van der Waals surface area contributed by atoms with Gasteiger partial charge in [0.25, 0.3) is 0 Å². The molecule has 8 nitrogen and oxygen atoms in total. The lowest BCUT2D eigenvalue weighted by Gasteiger charge is -2.18. The number of thiophene rings is 1. The molecule has 1 amide bonds. The van der Waals surface area contributed by atoms with Crippen LogP contribution in [0.4, 0.5) is 5.00 Å². The van der Waals surface area contributed by atoms with Crippen molar-refractivity contribution in [3.63, 3.8) is 0 Å². The Hall–Kier alpha value is -3.50. The van der Waals surface area contributed by atoms with E-state index in [4.69, 9.17) is 4.74 Å². The van der Waals surface area contributed by atoms with Crippen molar-refractivity contribution in [3.05, 3.63) is 76.4 Å². The van der Waals surface area contributed by atoms with Crippen LogP contribution in [-0.2, 0) is 28.9 Å². The summed E-state index contributed by atoms with van der Waals surface area (Å²) in [4.78, 5) is 31.0. The zero-order chi connectivity index (χ0) is 25.8. The SMILES string of the molecule is COC(=O)c1c(NC(=O)CSc2nnc(-c3cccnc3)n2Cc2ccccc2)sc2c1CCC(C)C2. The second-order valence-corrected chi connectivity index (χ2v) is 11.1. The third-order valence-corrected chi connectivity index (χ3v) is 8.44. The molecule has 0 aliphatic heterocycles. The van der Waals surface area contributed by atoms with Gasteiger partial charge in [0.15, 0.2) is 11.0 Å². The second-order valence-electron chi connectivity index (χ2n) is 9.00. The Labute approximate surface area is 223 Å². The summed E-state index contributed by atoms with van der Waals surface area (Å²) in [5, 5.41) is 13.0. The van der Waals surface area contributed by atoms with E-state index in [1.807, 2.05) is 47.0 Å². The quantitative estimate of drug-likeness (QED) is 0.249. The molecule has 4 aromatic rings. The van der Waals surface area contributed by atoms with E-state index in [0.717, 1.165) is 40.8 Å². The van der Waals surface area contributed by atoms with E-state index >= 15 is 0 Å². The molecule has 1 atom stereocenters. The Morgan fingerprint density at radius 1 is 1.19 bits per heavy atom. The maximum absolute atomic E-state index is 13.0. The molecule has 190 valence electrons. The van der Waals surface area contributed by atoms with Gasteiger partial charge in [-0.05, 0) is 48.4 Å². The predicted octanol–water partition coefficient (Wildman–Crippen LogP) is 5.09. The highest BCUT2D eigenvalue weighted by Gasteiger charge is 2.29. The van der Waals surface area contributed by atoms with Gasteiger partial charge < -0.3 is 10.1 Å². The number of hydrogen-bond acceptors (Lipinski definition) is 8. The first-order chi connectivity index (χ1) is 18.0. The maximum Gasteiger partial charge on any atom is 0.341 e. The molecule has 0 saturated heterocycles. The van der Waals surface area contributed by atoms with Gasteiger partial charge in [-0.1, -0.05) is 49.0 Å². The standard InChI is InChI=1S/C27H27N5O3S2/c1-17-10-11-20-21(13-17)37-25(23(20)26(34)35-2)29-22(33)16-36-27-31-30-24(19-9-6-12-28-14-19)32(27)15-18-7-4-3-5-8-18/h3-9,12,14,17H,10-11,13,15-16H2,1-2H3,(H,29,33). The molecule has 1 aliphatic carbocycles. The van der Waals surface area contributed by atoms with Crippen molar-refractivity contribution in [1.82, 2.24) is 19.7 Å². The van der Waals surface area contributed by atoms with Crippen LogP contribution < -0.4 is 5.32 Å². The number of hydrogen-bond donors (Lipinski definition) is 1. The van der Waals surface area contributed by atoms with Gasteiger partial charge in [0.1, 0.15) is 5.00 Å². The van der Waals surface area contributed by atoms with Crippen LogP contribution >= 0.6 is 23.1 Å². The molecule has 3 heterocycles. The zero-order valence-corrected chi connectivity index (χ0v) is 22.3. The normalized spacial score (nSPS) is 14.7. The number of benzene rings is 1. The number of nitrogens with one attached hydrogen (secondary N) is 1. The molecule has 0 saturated carbocycles.